The molecule has 0 unspecified atom stereocenters. The van der Waals surface area contributed by atoms with Crippen LogP contribution in [0.3, 0.4) is 0 Å². The van der Waals surface area contributed by atoms with Crippen LogP contribution in [0.4, 0.5) is 5.69 Å². The first-order valence-electron chi connectivity index (χ1n) is 9.54. The molecule has 8 nitrogen and oxygen atoms in total. The van der Waals surface area contributed by atoms with E-state index >= 15 is 0 Å². The lowest BCUT2D eigenvalue weighted by Crippen LogP contribution is -2.36. The highest BCUT2D eigenvalue weighted by molar-refractivity contribution is 5.99. The van der Waals surface area contributed by atoms with Crippen molar-refractivity contribution < 1.29 is 23.6 Å². The van der Waals surface area contributed by atoms with Crippen molar-refractivity contribution in [3.05, 3.63) is 51.0 Å². The van der Waals surface area contributed by atoms with Gasteiger partial charge in [-0.2, -0.15) is 0 Å². The molecule has 0 fully saturated rings. The van der Waals surface area contributed by atoms with Crippen molar-refractivity contribution in [2.24, 2.45) is 5.41 Å². The Hall–Kier alpha value is -3.03. The summed E-state index contributed by atoms with van der Waals surface area (Å²) in [6.07, 6.45) is 1.48. The van der Waals surface area contributed by atoms with Gasteiger partial charge in [0.2, 0.25) is 0 Å². The number of nitro groups is 1. The maximum atomic E-state index is 13.1. The summed E-state index contributed by atoms with van der Waals surface area (Å²) in [6.45, 7) is 8.16. The van der Waals surface area contributed by atoms with E-state index in [-0.39, 0.29) is 34.2 Å². The summed E-state index contributed by atoms with van der Waals surface area (Å²) in [6, 6.07) is 4.21. The molecule has 0 saturated heterocycles. The number of methoxy groups -OCH3 is 1. The van der Waals surface area contributed by atoms with Crippen molar-refractivity contribution >= 4 is 11.6 Å². The highest BCUT2D eigenvalue weighted by atomic mass is 16.6. The molecule has 0 radical (unpaired) electrons. The second-order valence-electron chi connectivity index (χ2n) is 8.02. The van der Waals surface area contributed by atoms with Crippen LogP contribution in [0.1, 0.15) is 60.7 Å². The Morgan fingerprint density at radius 2 is 2.07 bits per heavy atom. The van der Waals surface area contributed by atoms with Crippen molar-refractivity contribution in [2.75, 3.05) is 13.7 Å². The van der Waals surface area contributed by atoms with Crippen LogP contribution in [0.15, 0.2) is 22.6 Å². The number of nitrogens with zero attached hydrogens (tertiary/aromatic N) is 1. The van der Waals surface area contributed by atoms with Crippen LogP contribution in [0.5, 0.6) is 11.5 Å². The van der Waals surface area contributed by atoms with Gasteiger partial charge in [-0.1, -0.05) is 13.8 Å². The molecule has 8 heteroatoms. The number of nitrogens with one attached hydrogen (secondary N) is 1. The second-order valence-corrected chi connectivity index (χ2v) is 8.02. The van der Waals surface area contributed by atoms with E-state index < -0.39 is 10.8 Å². The SMILES string of the molecule is CCOc1cc([N+](=O)[O-])c(C(=O)N[C@@H]2CC(C)(C)Cc3oc(C)cc32)cc1OC. The minimum atomic E-state index is -0.588. The lowest BCUT2D eigenvalue weighted by molar-refractivity contribution is -0.385. The molecule has 1 aliphatic carbocycles. The first kappa shape index (κ1) is 20.7. The first-order valence-corrected chi connectivity index (χ1v) is 9.54. The Morgan fingerprint density at radius 1 is 1.34 bits per heavy atom. The number of furan rings is 1. The Balaban J connectivity index is 1.97. The van der Waals surface area contributed by atoms with Crippen LogP contribution < -0.4 is 14.8 Å². The van der Waals surface area contributed by atoms with E-state index in [4.69, 9.17) is 13.9 Å². The van der Waals surface area contributed by atoms with E-state index in [2.05, 4.69) is 19.2 Å². The highest BCUT2D eigenvalue weighted by Gasteiger charge is 2.36. The molecular formula is C21H26N2O6. The predicted octanol–water partition coefficient (Wildman–Crippen LogP) is 4.35. The van der Waals surface area contributed by atoms with E-state index in [0.29, 0.717) is 13.0 Å². The molecule has 0 aliphatic heterocycles. The summed E-state index contributed by atoms with van der Waals surface area (Å²) >= 11 is 0. The van der Waals surface area contributed by atoms with E-state index in [1.54, 1.807) is 6.92 Å². The zero-order valence-electron chi connectivity index (χ0n) is 17.3. The van der Waals surface area contributed by atoms with E-state index in [9.17, 15) is 14.9 Å². The molecule has 1 N–H and O–H groups in total. The monoisotopic (exact) mass is 402 g/mol. The third kappa shape index (κ3) is 4.21. The number of hydrogen-bond acceptors (Lipinski definition) is 6. The van der Waals surface area contributed by atoms with Crippen LogP contribution in [0.25, 0.3) is 0 Å². The van der Waals surface area contributed by atoms with Gasteiger partial charge in [-0.15, -0.1) is 0 Å². The molecule has 0 bridgehead atoms. The van der Waals surface area contributed by atoms with E-state index in [0.717, 1.165) is 23.5 Å². The van der Waals surface area contributed by atoms with E-state index in [1.807, 2.05) is 13.0 Å². The van der Waals surface area contributed by atoms with Gasteiger partial charge < -0.3 is 19.2 Å². The van der Waals surface area contributed by atoms with Crippen molar-refractivity contribution in [1.29, 1.82) is 0 Å². The van der Waals surface area contributed by atoms with Gasteiger partial charge in [-0.3, -0.25) is 14.9 Å². The van der Waals surface area contributed by atoms with Crippen molar-refractivity contribution in [3.63, 3.8) is 0 Å². The maximum absolute atomic E-state index is 13.1. The Labute approximate surface area is 169 Å². The highest BCUT2D eigenvalue weighted by Crippen LogP contribution is 2.42. The molecule has 3 rings (SSSR count). The topological polar surface area (TPSA) is 104 Å². The fraction of sp³-hybridized carbons (Fsp3) is 0.476. The number of aryl methyl sites for hydroxylation is 1. The first-order chi connectivity index (χ1) is 13.6. The number of benzene rings is 1. The van der Waals surface area contributed by atoms with Crippen molar-refractivity contribution in [1.82, 2.24) is 5.32 Å². The fourth-order valence-electron chi connectivity index (χ4n) is 3.86. The van der Waals surface area contributed by atoms with Crippen molar-refractivity contribution in [2.45, 2.75) is 46.6 Å². The summed E-state index contributed by atoms with van der Waals surface area (Å²) in [4.78, 5) is 24.1. The van der Waals surface area contributed by atoms with Gasteiger partial charge in [0.25, 0.3) is 11.6 Å². The van der Waals surface area contributed by atoms with E-state index in [1.165, 1.54) is 19.2 Å². The quantitative estimate of drug-likeness (QED) is 0.569. The molecule has 2 aromatic rings. The van der Waals surface area contributed by atoms with Crippen LogP contribution in [0.2, 0.25) is 0 Å². The lowest BCUT2D eigenvalue weighted by atomic mass is 9.74. The third-order valence-electron chi connectivity index (χ3n) is 5.06. The molecule has 1 atom stereocenters. The van der Waals surface area contributed by atoms with Crippen LogP contribution in [0, 0.1) is 22.5 Å². The number of carbonyl (C=O) groups is 1. The van der Waals surface area contributed by atoms with Gasteiger partial charge in [0.05, 0.1) is 30.7 Å². The molecule has 0 saturated carbocycles. The Kier molecular flexibility index (Phi) is 5.55. The predicted molar refractivity (Wildman–Crippen MR) is 107 cm³/mol. The van der Waals surface area contributed by atoms with Gasteiger partial charge in [-0.25, -0.2) is 0 Å². The average molecular weight is 402 g/mol. The lowest BCUT2D eigenvalue weighted by Gasteiger charge is -2.34. The maximum Gasteiger partial charge on any atom is 0.286 e. The fourth-order valence-corrected chi connectivity index (χ4v) is 3.86. The number of ether oxygens (including phenoxy) is 2. The van der Waals surface area contributed by atoms with Gasteiger partial charge >= 0.3 is 0 Å². The Morgan fingerprint density at radius 3 is 2.69 bits per heavy atom. The van der Waals surface area contributed by atoms with Gasteiger partial charge in [-0.05, 0) is 31.7 Å². The number of nitro benzene ring substituents is 1. The molecule has 156 valence electrons. The minimum absolute atomic E-state index is 0.0690. The standard InChI is InChI=1S/C21H26N2O6/c1-6-28-18-9-16(23(25)26)14(8-17(18)27-5)20(24)22-15-10-21(3,4)11-19-13(15)7-12(2)29-19/h7-9,15H,6,10-11H2,1-5H3,(H,22,24)/t15-/m1/s1. The number of hydrogen-bond donors (Lipinski definition) is 1. The second kappa shape index (κ2) is 7.77. The van der Waals surface area contributed by atoms with Gasteiger partial charge in [0.1, 0.15) is 17.1 Å². The molecule has 0 spiro atoms. The number of carbonyl (C=O) groups excluding carboxylic acids is 1. The molecular weight excluding hydrogens is 376 g/mol. The molecule has 1 aliphatic rings. The summed E-state index contributed by atoms with van der Waals surface area (Å²) < 4.78 is 16.5. The normalized spacial score (nSPS) is 17.3. The molecule has 29 heavy (non-hydrogen) atoms. The van der Waals surface area contributed by atoms with Crippen molar-refractivity contribution in [3.8, 4) is 11.5 Å². The zero-order chi connectivity index (χ0) is 21.3. The molecule has 1 heterocycles. The molecule has 1 aromatic carbocycles. The smallest absolute Gasteiger partial charge is 0.286 e. The van der Waals surface area contributed by atoms with Crippen LogP contribution in [-0.4, -0.2) is 24.5 Å². The summed E-state index contributed by atoms with van der Waals surface area (Å²) in [5.74, 6) is 1.59. The molecule has 1 aromatic heterocycles. The van der Waals surface area contributed by atoms with Crippen LogP contribution >= 0.6 is 0 Å². The largest absolute Gasteiger partial charge is 0.493 e. The summed E-state index contributed by atoms with van der Waals surface area (Å²) in [5, 5.41) is 14.6. The third-order valence-corrected chi connectivity index (χ3v) is 5.06. The molecule has 1 amide bonds. The average Bonchev–Trinajstić information content (AvgIpc) is 3.00. The number of amides is 1. The van der Waals surface area contributed by atoms with Gasteiger partial charge in [0, 0.05) is 18.1 Å². The Bertz CT molecular complexity index is 947. The number of fused-ring (bicyclic) bond motifs is 1. The zero-order valence-corrected chi connectivity index (χ0v) is 17.3. The minimum Gasteiger partial charge on any atom is -0.493 e. The van der Waals surface area contributed by atoms with Crippen LogP contribution in [-0.2, 0) is 6.42 Å². The number of rotatable bonds is 6. The summed E-state index contributed by atoms with van der Waals surface area (Å²) in [5.41, 5.74) is 0.458. The summed E-state index contributed by atoms with van der Waals surface area (Å²) in [7, 11) is 1.43. The van der Waals surface area contributed by atoms with Gasteiger partial charge in [0.15, 0.2) is 11.5 Å².